The van der Waals surface area contributed by atoms with Gasteiger partial charge in [0.1, 0.15) is 11.9 Å². The normalized spacial score (nSPS) is 13.0. The fraction of sp³-hybridized carbons (Fsp3) is 0.524. The van der Waals surface area contributed by atoms with Gasteiger partial charge in [0.2, 0.25) is 6.29 Å². The Balaban J connectivity index is 2.50. The summed E-state index contributed by atoms with van der Waals surface area (Å²) in [7, 11) is 0. The first-order valence-electron chi connectivity index (χ1n) is 9.39. The van der Waals surface area contributed by atoms with E-state index in [1.807, 2.05) is 38.1 Å². The maximum Gasteiger partial charge on any atom is 0.552 e. The Bertz CT molecular complexity index is 691. The highest BCUT2D eigenvalue weighted by Gasteiger charge is 2.24. The van der Waals surface area contributed by atoms with Crippen LogP contribution in [0.2, 0.25) is 0 Å². The van der Waals surface area contributed by atoms with Crippen LogP contribution < -0.4 is 0 Å². The summed E-state index contributed by atoms with van der Waals surface area (Å²) in [6.45, 7) is 12.9. The molecule has 1 rings (SSSR count). The molecule has 8 nitrogen and oxygen atoms in total. The molecule has 1 atom stereocenters. The number of carbonyl (C=O) groups excluding carboxylic acids is 2. The second kappa shape index (κ2) is 11.4. The lowest BCUT2D eigenvalue weighted by Crippen LogP contribution is -2.21. The number of benzene rings is 1. The molecule has 0 saturated heterocycles. The van der Waals surface area contributed by atoms with Crippen LogP contribution >= 0.6 is 0 Å². The maximum atomic E-state index is 11.8. The molecular formula is C21H30O8. The van der Waals surface area contributed by atoms with E-state index in [4.69, 9.17) is 14.5 Å². The molecule has 0 radical (unpaired) electrons. The van der Waals surface area contributed by atoms with Gasteiger partial charge in [-0.1, -0.05) is 38.1 Å². The molecule has 0 heterocycles. The standard InChI is InChI=1S/C21H30O8/c1-8-24-16(5)26-20(23)28-27-19(22)15(4)13-25-29-21(6,7)18-11-9-17(10-12-18)14(2)3/h9-14,16H,8H2,1-7H3. The Morgan fingerprint density at radius 3 is 2.24 bits per heavy atom. The number of rotatable bonds is 9. The van der Waals surface area contributed by atoms with E-state index in [1.54, 1.807) is 6.92 Å². The molecule has 0 saturated carbocycles. The smallest absolute Gasteiger partial charge is 0.402 e. The van der Waals surface area contributed by atoms with Crippen molar-refractivity contribution in [3.05, 3.63) is 47.2 Å². The third-order valence-electron chi connectivity index (χ3n) is 3.92. The fourth-order valence-corrected chi connectivity index (χ4v) is 2.14. The van der Waals surface area contributed by atoms with Crippen molar-refractivity contribution in [1.29, 1.82) is 0 Å². The van der Waals surface area contributed by atoms with Crippen molar-refractivity contribution in [1.82, 2.24) is 0 Å². The highest BCUT2D eigenvalue weighted by molar-refractivity contribution is 5.87. The van der Waals surface area contributed by atoms with Crippen molar-refractivity contribution in [2.45, 2.75) is 66.3 Å². The van der Waals surface area contributed by atoms with Crippen molar-refractivity contribution in [2.24, 2.45) is 0 Å². The van der Waals surface area contributed by atoms with Crippen molar-refractivity contribution in [3.8, 4) is 0 Å². The zero-order valence-corrected chi connectivity index (χ0v) is 18.0. The summed E-state index contributed by atoms with van der Waals surface area (Å²) in [6.07, 6.45) is -0.962. The van der Waals surface area contributed by atoms with Crippen molar-refractivity contribution in [3.63, 3.8) is 0 Å². The van der Waals surface area contributed by atoms with Crippen LogP contribution in [0.1, 0.15) is 65.5 Å². The Hall–Kier alpha value is -2.58. The second-order valence-electron chi connectivity index (χ2n) is 7.11. The average molecular weight is 410 g/mol. The van der Waals surface area contributed by atoms with Gasteiger partial charge in [0, 0.05) is 6.61 Å². The molecule has 0 fully saturated rings. The van der Waals surface area contributed by atoms with Crippen LogP contribution in [0.4, 0.5) is 4.79 Å². The van der Waals surface area contributed by atoms with Crippen molar-refractivity contribution >= 4 is 12.1 Å². The van der Waals surface area contributed by atoms with Gasteiger partial charge in [0.25, 0.3) is 0 Å². The third-order valence-corrected chi connectivity index (χ3v) is 3.92. The van der Waals surface area contributed by atoms with Crippen LogP contribution in [0.25, 0.3) is 0 Å². The summed E-state index contributed by atoms with van der Waals surface area (Å²) in [5.41, 5.74) is 1.39. The van der Waals surface area contributed by atoms with Gasteiger partial charge in [0.05, 0.1) is 5.57 Å². The predicted octanol–water partition coefficient (Wildman–Crippen LogP) is 4.89. The molecule has 1 unspecified atom stereocenters. The summed E-state index contributed by atoms with van der Waals surface area (Å²) in [5.74, 6) is -0.503. The zero-order valence-electron chi connectivity index (χ0n) is 18.0. The molecule has 0 bridgehead atoms. The SMILES string of the molecule is CCOC(C)OC(=O)OOC(=O)C(C)=COOC(C)(C)c1ccc(C(C)C)cc1. The molecule has 162 valence electrons. The van der Waals surface area contributed by atoms with E-state index in [0.29, 0.717) is 12.5 Å². The summed E-state index contributed by atoms with van der Waals surface area (Å²) in [6, 6.07) is 8.00. The van der Waals surface area contributed by atoms with E-state index in [0.717, 1.165) is 11.8 Å². The minimum atomic E-state index is -1.20. The highest BCUT2D eigenvalue weighted by Crippen LogP contribution is 2.27. The lowest BCUT2D eigenvalue weighted by atomic mass is 9.94. The minimum Gasteiger partial charge on any atom is -0.402 e. The summed E-state index contributed by atoms with van der Waals surface area (Å²) in [4.78, 5) is 42.2. The number of hydrogen-bond donors (Lipinski definition) is 0. The molecule has 8 heteroatoms. The lowest BCUT2D eigenvalue weighted by molar-refractivity contribution is -0.322. The molecule has 0 aliphatic rings. The van der Waals surface area contributed by atoms with E-state index in [9.17, 15) is 9.59 Å². The van der Waals surface area contributed by atoms with E-state index < -0.39 is 24.0 Å². The van der Waals surface area contributed by atoms with Gasteiger partial charge in [-0.25, -0.2) is 14.6 Å². The van der Waals surface area contributed by atoms with Gasteiger partial charge in [-0.05, 0) is 51.7 Å². The summed E-state index contributed by atoms with van der Waals surface area (Å²) < 4.78 is 9.68. The van der Waals surface area contributed by atoms with Crippen LogP contribution in [-0.4, -0.2) is 25.0 Å². The monoisotopic (exact) mass is 410 g/mol. The molecule has 1 aromatic rings. The molecule has 0 spiro atoms. The maximum absolute atomic E-state index is 11.8. The quantitative estimate of drug-likeness (QED) is 0.142. The van der Waals surface area contributed by atoms with Gasteiger partial charge in [-0.15, -0.1) is 0 Å². The first-order valence-corrected chi connectivity index (χ1v) is 9.39. The van der Waals surface area contributed by atoms with Gasteiger partial charge >= 0.3 is 12.1 Å². The molecule has 1 aromatic carbocycles. The minimum absolute atomic E-state index is 0.0154. The van der Waals surface area contributed by atoms with E-state index in [2.05, 4.69) is 28.4 Å². The molecule has 0 aromatic heterocycles. The van der Waals surface area contributed by atoms with Crippen LogP contribution in [0.3, 0.4) is 0 Å². The predicted molar refractivity (Wildman–Crippen MR) is 104 cm³/mol. The average Bonchev–Trinajstić information content (AvgIpc) is 2.66. The molecule has 29 heavy (non-hydrogen) atoms. The molecule has 0 N–H and O–H groups in total. The Morgan fingerprint density at radius 1 is 1.07 bits per heavy atom. The van der Waals surface area contributed by atoms with Gasteiger partial charge in [-0.2, -0.15) is 9.68 Å². The molecule has 0 amide bonds. The van der Waals surface area contributed by atoms with Crippen LogP contribution in [0.5, 0.6) is 0 Å². The van der Waals surface area contributed by atoms with Crippen molar-refractivity contribution in [2.75, 3.05) is 6.61 Å². The Kier molecular flexibility index (Phi) is 9.64. The number of carbonyl (C=O) groups is 2. The van der Waals surface area contributed by atoms with Gasteiger partial charge in [0.15, 0.2) is 0 Å². The summed E-state index contributed by atoms with van der Waals surface area (Å²) in [5, 5.41) is 0. The topological polar surface area (TPSA) is 89.5 Å². The van der Waals surface area contributed by atoms with E-state index in [-0.39, 0.29) is 5.57 Å². The number of hydrogen-bond acceptors (Lipinski definition) is 8. The Morgan fingerprint density at radius 2 is 1.69 bits per heavy atom. The molecular weight excluding hydrogens is 380 g/mol. The Labute approximate surface area is 171 Å². The second-order valence-corrected chi connectivity index (χ2v) is 7.11. The van der Waals surface area contributed by atoms with Crippen LogP contribution in [0.15, 0.2) is 36.1 Å². The van der Waals surface area contributed by atoms with E-state index in [1.165, 1.54) is 19.4 Å². The molecule has 0 aliphatic carbocycles. The highest BCUT2D eigenvalue weighted by atomic mass is 17.2. The fourth-order valence-electron chi connectivity index (χ4n) is 2.14. The first-order chi connectivity index (χ1) is 13.6. The van der Waals surface area contributed by atoms with Crippen LogP contribution in [-0.2, 0) is 39.4 Å². The van der Waals surface area contributed by atoms with Gasteiger partial charge < -0.3 is 14.4 Å². The third kappa shape index (κ3) is 8.53. The largest absolute Gasteiger partial charge is 0.552 e. The first kappa shape index (κ1) is 24.5. The van der Waals surface area contributed by atoms with E-state index >= 15 is 0 Å². The molecule has 0 aliphatic heterocycles. The van der Waals surface area contributed by atoms with Crippen molar-refractivity contribution < 1.29 is 38.6 Å². The summed E-state index contributed by atoms with van der Waals surface area (Å²) >= 11 is 0. The van der Waals surface area contributed by atoms with Gasteiger partial charge in [-0.3, -0.25) is 0 Å². The number of ether oxygens (including phenoxy) is 2. The zero-order chi connectivity index (χ0) is 22.0. The van der Waals surface area contributed by atoms with Crippen LogP contribution in [0, 0.1) is 0 Å². The lowest BCUT2D eigenvalue weighted by Gasteiger charge is -2.23.